The molecule has 0 fully saturated rings. The Kier molecular flexibility index (Phi) is 3.91. The number of sulfone groups is 2. The van der Waals surface area contributed by atoms with E-state index < -0.39 is 24.7 Å². The summed E-state index contributed by atoms with van der Waals surface area (Å²) in [6.45, 7) is 2.83. The first-order chi connectivity index (χ1) is 7.80. The highest BCUT2D eigenvalue weighted by molar-refractivity contribution is 7.94. The third-order valence-electron chi connectivity index (χ3n) is 2.08. The molecule has 0 saturated carbocycles. The Morgan fingerprint density at radius 1 is 1.18 bits per heavy atom. The van der Waals surface area contributed by atoms with Gasteiger partial charge in [0.25, 0.3) is 0 Å². The third kappa shape index (κ3) is 2.48. The third-order valence-corrected chi connectivity index (χ3v) is 7.00. The molecule has 0 unspecified atom stereocenters. The summed E-state index contributed by atoms with van der Waals surface area (Å²) in [7, 11) is -7.30. The van der Waals surface area contributed by atoms with Crippen molar-refractivity contribution in [3.05, 3.63) is 5.56 Å². The van der Waals surface area contributed by atoms with E-state index in [4.69, 9.17) is 5.26 Å². The molecule has 0 radical (unpaired) electrons. The summed E-state index contributed by atoms with van der Waals surface area (Å²) in [5.74, 6) is -0.424. The molecule has 0 amide bonds. The van der Waals surface area contributed by atoms with Crippen LogP contribution in [0.15, 0.2) is 9.24 Å². The van der Waals surface area contributed by atoms with E-state index in [-0.39, 0.29) is 21.3 Å². The lowest BCUT2D eigenvalue weighted by Crippen LogP contribution is -2.08. The lowest BCUT2D eigenvalue weighted by Gasteiger charge is -1.98. The summed E-state index contributed by atoms with van der Waals surface area (Å²) in [5.41, 5.74) is -0.362. The molecule has 1 heterocycles. The quantitative estimate of drug-likeness (QED) is 0.805. The zero-order valence-corrected chi connectivity index (χ0v) is 11.6. The van der Waals surface area contributed by atoms with Crippen molar-refractivity contribution in [2.75, 3.05) is 11.5 Å². The standard InChI is InChI=1S/C8H10N2O4S3/c1-3-16(11,12)7-6(5-9)8(15-10-7)17(13,14)4-2/h3-4H2,1-2H3. The Bertz CT molecular complexity index is 613. The molecule has 0 bridgehead atoms. The summed E-state index contributed by atoms with van der Waals surface area (Å²) in [4.78, 5) is 0. The maximum Gasteiger partial charge on any atom is 0.197 e. The van der Waals surface area contributed by atoms with Gasteiger partial charge in [0.05, 0.1) is 11.5 Å². The molecule has 17 heavy (non-hydrogen) atoms. The van der Waals surface area contributed by atoms with E-state index in [9.17, 15) is 16.8 Å². The first kappa shape index (κ1) is 14.1. The van der Waals surface area contributed by atoms with Crippen LogP contribution >= 0.6 is 11.5 Å². The highest BCUT2D eigenvalue weighted by Gasteiger charge is 2.29. The largest absolute Gasteiger partial charge is 0.223 e. The van der Waals surface area contributed by atoms with Crippen molar-refractivity contribution in [3.8, 4) is 6.07 Å². The van der Waals surface area contributed by atoms with Crippen molar-refractivity contribution in [2.24, 2.45) is 0 Å². The molecule has 0 atom stereocenters. The molecule has 0 aliphatic rings. The number of hydrogen-bond donors (Lipinski definition) is 0. The van der Waals surface area contributed by atoms with Gasteiger partial charge in [-0.25, -0.2) is 16.8 Å². The Labute approximate surface area is 104 Å². The fourth-order valence-electron chi connectivity index (χ4n) is 1.05. The highest BCUT2D eigenvalue weighted by atomic mass is 32.2. The van der Waals surface area contributed by atoms with Crippen LogP contribution in [0.1, 0.15) is 19.4 Å². The normalized spacial score (nSPS) is 12.3. The second kappa shape index (κ2) is 4.72. The predicted molar refractivity (Wildman–Crippen MR) is 62.3 cm³/mol. The van der Waals surface area contributed by atoms with Gasteiger partial charge in [0.2, 0.25) is 0 Å². The Hall–Kier alpha value is -0.980. The van der Waals surface area contributed by atoms with Crippen LogP contribution in [0, 0.1) is 11.3 Å². The van der Waals surface area contributed by atoms with Crippen LogP contribution in [0.3, 0.4) is 0 Å². The predicted octanol–water partition coefficient (Wildman–Crippen LogP) is 0.602. The molecule has 0 aliphatic carbocycles. The average Bonchev–Trinajstić information content (AvgIpc) is 2.73. The first-order valence-corrected chi connectivity index (χ1v) is 8.73. The van der Waals surface area contributed by atoms with Crippen LogP contribution < -0.4 is 0 Å². The van der Waals surface area contributed by atoms with Gasteiger partial charge in [0, 0.05) is 0 Å². The minimum atomic E-state index is -3.68. The lowest BCUT2D eigenvalue weighted by atomic mass is 10.4. The van der Waals surface area contributed by atoms with Gasteiger partial charge in [-0.3, -0.25) is 0 Å². The molecule has 0 spiro atoms. The minimum Gasteiger partial charge on any atom is -0.223 e. The van der Waals surface area contributed by atoms with Crippen LogP contribution in [0.5, 0.6) is 0 Å². The molecule has 1 rings (SSSR count). The summed E-state index contributed by atoms with van der Waals surface area (Å²) < 4.78 is 49.8. The summed E-state index contributed by atoms with van der Waals surface area (Å²) in [5, 5.41) is 8.46. The number of aromatic nitrogens is 1. The molecular weight excluding hydrogens is 284 g/mol. The monoisotopic (exact) mass is 294 g/mol. The zero-order chi connectivity index (χ0) is 13.3. The van der Waals surface area contributed by atoms with Gasteiger partial charge in [0.1, 0.15) is 11.6 Å². The molecule has 9 heteroatoms. The van der Waals surface area contributed by atoms with Crippen molar-refractivity contribution in [2.45, 2.75) is 23.1 Å². The van der Waals surface area contributed by atoms with Crippen molar-refractivity contribution < 1.29 is 16.8 Å². The molecular formula is C8H10N2O4S3. The highest BCUT2D eigenvalue weighted by Crippen LogP contribution is 2.28. The second-order valence-electron chi connectivity index (χ2n) is 3.07. The van der Waals surface area contributed by atoms with E-state index in [1.54, 1.807) is 6.07 Å². The van der Waals surface area contributed by atoms with Gasteiger partial charge < -0.3 is 0 Å². The van der Waals surface area contributed by atoms with Crippen LogP contribution in [-0.4, -0.2) is 32.7 Å². The van der Waals surface area contributed by atoms with E-state index in [0.29, 0.717) is 11.5 Å². The van der Waals surface area contributed by atoms with E-state index in [1.165, 1.54) is 13.8 Å². The molecule has 1 aromatic heterocycles. The lowest BCUT2D eigenvalue weighted by molar-refractivity contribution is 0.594. The van der Waals surface area contributed by atoms with Crippen LogP contribution in [0.4, 0.5) is 0 Å². The van der Waals surface area contributed by atoms with Gasteiger partial charge in [-0.15, -0.1) is 0 Å². The van der Waals surface area contributed by atoms with E-state index in [1.807, 2.05) is 0 Å². The number of hydrogen-bond acceptors (Lipinski definition) is 7. The average molecular weight is 294 g/mol. The van der Waals surface area contributed by atoms with Crippen LogP contribution in [-0.2, 0) is 19.7 Å². The summed E-state index contributed by atoms with van der Waals surface area (Å²) in [6.07, 6.45) is 0. The molecule has 1 aromatic rings. The molecule has 0 saturated heterocycles. The fraction of sp³-hybridized carbons (Fsp3) is 0.500. The van der Waals surface area contributed by atoms with E-state index in [0.717, 1.165) is 0 Å². The minimum absolute atomic E-state index is 0.199. The zero-order valence-electron chi connectivity index (χ0n) is 9.17. The number of nitrogens with zero attached hydrogens (tertiary/aromatic N) is 2. The molecule has 0 aliphatic heterocycles. The summed E-state index contributed by atoms with van der Waals surface area (Å²) >= 11 is 0.535. The maximum atomic E-state index is 11.6. The van der Waals surface area contributed by atoms with Crippen molar-refractivity contribution in [1.82, 2.24) is 4.37 Å². The van der Waals surface area contributed by atoms with E-state index in [2.05, 4.69) is 4.37 Å². The van der Waals surface area contributed by atoms with Crippen molar-refractivity contribution in [1.29, 1.82) is 5.26 Å². The van der Waals surface area contributed by atoms with Crippen molar-refractivity contribution >= 4 is 31.2 Å². The molecule has 6 nitrogen and oxygen atoms in total. The smallest absolute Gasteiger partial charge is 0.197 e. The fourth-order valence-corrected chi connectivity index (χ4v) is 4.60. The van der Waals surface area contributed by atoms with Crippen molar-refractivity contribution in [3.63, 3.8) is 0 Å². The van der Waals surface area contributed by atoms with Gasteiger partial charge in [0.15, 0.2) is 28.9 Å². The second-order valence-corrected chi connectivity index (χ2v) is 8.51. The van der Waals surface area contributed by atoms with Crippen LogP contribution in [0.2, 0.25) is 0 Å². The maximum absolute atomic E-state index is 11.6. The van der Waals surface area contributed by atoms with Crippen LogP contribution in [0.25, 0.3) is 0 Å². The van der Waals surface area contributed by atoms with Gasteiger partial charge in [-0.1, -0.05) is 13.8 Å². The summed E-state index contributed by atoms with van der Waals surface area (Å²) in [6, 6.07) is 1.61. The van der Waals surface area contributed by atoms with E-state index >= 15 is 0 Å². The Morgan fingerprint density at radius 2 is 1.71 bits per heavy atom. The van der Waals surface area contributed by atoms with Gasteiger partial charge in [-0.05, 0) is 11.5 Å². The Morgan fingerprint density at radius 3 is 2.12 bits per heavy atom. The van der Waals surface area contributed by atoms with Gasteiger partial charge in [-0.2, -0.15) is 9.64 Å². The number of nitriles is 1. The molecule has 0 N–H and O–H groups in total. The molecule has 94 valence electrons. The number of rotatable bonds is 4. The van der Waals surface area contributed by atoms with Gasteiger partial charge >= 0.3 is 0 Å². The Balaban J connectivity index is 3.60. The topological polar surface area (TPSA) is 105 Å². The first-order valence-electron chi connectivity index (χ1n) is 4.65. The molecule has 0 aromatic carbocycles. The SMILES string of the molecule is CCS(=O)(=O)c1nsc(S(=O)(=O)CC)c1C#N.